The third-order valence-corrected chi connectivity index (χ3v) is 1.97. The zero-order valence-corrected chi connectivity index (χ0v) is 8.13. The highest BCUT2D eigenvalue weighted by Gasteiger charge is 2.32. The van der Waals surface area contributed by atoms with Gasteiger partial charge in [-0.2, -0.15) is 0 Å². The van der Waals surface area contributed by atoms with Crippen molar-refractivity contribution in [1.82, 2.24) is 0 Å². The van der Waals surface area contributed by atoms with Crippen molar-refractivity contribution in [3.05, 3.63) is 12.7 Å². The Morgan fingerprint density at radius 3 is 2.42 bits per heavy atom. The van der Waals surface area contributed by atoms with Crippen molar-refractivity contribution in [3.63, 3.8) is 0 Å². The minimum Gasteiger partial charge on any atom is -0.481 e. The average molecular weight is 170 g/mol. The number of hydrogen-bond acceptors (Lipinski definition) is 1. The maximum absolute atomic E-state index is 10.9. The van der Waals surface area contributed by atoms with E-state index in [-0.39, 0.29) is 0 Å². The number of carboxylic acids is 1. The predicted octanol–water partition coefficient (Wildman–Crippen LogP) is 2.70. The van der Waals surface area contributed by atoms with Crippen molar-refractivity contribution in [3.8, 4) is 0 Å². The van der Waals surface area contributed by atoms with Gasteiger partial charge in [0.25, 0.3) is 0 Å². The smallest absolute Gasteiger partial charge is 0.309 e. The lowest BCUT2D eigenvalue weighted by Crippen LogP contribution is -2.28. The standard InChI is InChI=1S/C10H18O2/c1-5-6-10(4,9(11)12)7-8(2)3/h5,8H,1,6-7H2,2-4H3,(H,11,12). The molecule has 0 radical (unpaired) electrons. The van der Waals surface area contributed by atoms with Crippen molar-refractivity contribution < 1.29 is 9.90 Å². The van der Waals surface area contributed by atoms with Gasteiger partial charge >= 0.3 is 5.97 Å². The van der Waals surface area contributed by atoms with E-state index in [1.165, 1.54) is 0 Å². The Labute approximate surface area is 74.3 Å². The molecule has 1 unspecified atom stereocenters. The van der Waals surface area contributed by atoms with Crippen LogP contribution in [0.3, 0.4) is 0 Å². The van der Waals surface area contributed by atoms with Gasteiger partial charge in [-0.1, -0.05) is 19.9 Å². The van der Waals surface area contributed by atoms with E-state index in [2.05, 4.69) is 6.58 Å². The fourth-order valence-corrected chi connectivity index (χ4v) is 1.48. The van der Waals surface area contributed by atoms with Crippen molar-refractivity contribution in [2.45, 2.75) is 33.6 Å². The normalized spacial score (nSPS) is 15.7. The molecule has 0 aromatic rings. The Morgan fingerprint density at radius 2 is 2.17 bits per heavy atom. The van der Waals surface area contributed by atoms with Gasteiger partial charge in [0.2, 0.25) is 0 Å². The zero-order chi connectivity index (χ0) is 9.78. The highest BCUT2D eigenvalue weighted by molar-refractivity contribution is 5.74. The third-order valence-electron chi connectivity index (χ3n) is 1.97. The van der Waals surface area contributed by atoms with Crippen molar-refractivity contribution in [2.75, 3.05) is 0 Å². The van der Waals surface area contributed by atoms with Crippen LogP contribution in [-0.4, -0.2) is 11.1 Å². The number of allylic oxidation sites excluding steroid dienone is 1. The van der Waals surface area contributed by atoms with E-state index in [4.69, 9.17) is 5.11 Å². The number of carboxylic acid groups (broad SMARTS) is 1. The fraction of sp³-hybridized carbons (Fsp3) is 0.700. The second-order valence-corrected chi connectivity index (χ2v) is 3.96. The van der Waals surface area contributed by atoms with Crippen LogP contribution in [-0.2, 0) is 4.79 Å². The van der Waals surface area contributed by atoms with Gasteiger partial charge in [-0.3, -0.25) is 4.79 Å². The summed E-state index contributed by atoms with van der Waals surface area (Å²) in [5, 5.41) is 8.96. The minimum absolute atomic E-state index is 0.408. The van der Waals surface area contributed by atoms with Gasteiger partial charge < -0.3 is 5.11 Å². The van der Waals surface area contributed by atoms with Gasteiger partial charge in [0.15, 0.2) is 0 Å². The Hall–Kier alpha value is -0.790. The van der Waals surface area contributed by atoms with Gasteiger partial charge in [0.05, 0.1) is 5.41 Å². The van der Waals surface area contributed by atoms with Crippen LogP contribution < -0.4 is 0 Å². The molecule has 2 heteroatoms. The van der Waals surface area contributed by atoms with Gasteiger partial charge in [-0.15, -0.1) is 6.58 Å². The van der Waals surface area contributed by atoms with E-state index in [1.54, 1.807) is 13.0 Å². The van der Waals surface area contributed by atoms with Crippen molar-refractivity contribution in [2.24, 2.45) is 11.3 Å². The first kappa shape index (κ1) is 11.2. The molecular formula is C10H18O2. The van der Waals surface area contributed by atoms with Gasteiger partial charge in [-0.05, 0) is 25.7 Å². The van der Waals surface area contributed by atoms with E-state index in [9.17, 15) is 4.79 Å². The molecule has 0 fully saturated rings. The molecular weight excluding hydrogens is 152 g/mol. The molecule has 0 aromatic carbocycles. The van der Waals surface area contributed by atoms with E-state index < -0.39 is 11.4 Å². The summed E-state index contributed by atoms with van der Waals surface area (Å²) < 4.78 is 0. The first-order chi connectivity index (χ1) is 5.42. The van der Waals surface area contributed by atoms with E-state index in [0.717, 1.165) is 0 Å². The van der Waals surface area contributed by atoms with Crippen LogP contribution in [0.25, 0.3) is 0 Å². The molecule has 0 heterocycles. The van der Waals surface area contributed by atoms with Crippen molar-refractivity contribution in [1.29, 1.82) is 0 Å². The number of carbonyl (C=O) groups is 1. The van der Waals surface area contributed by atoms with Gasteiger partial charge in [0, 0.05) is 0 Å². The maximum Gasteiger partial charge on any atom is 0.309 e. The first-order valence-electron chi connectivity index (χ1n) is 4.26. The van der Waals surface area contributed by atoms with E-state index >= 15 is 0 Å². The van der Waals surface area contributed by atoms with Crippen LogP contribution in [0.2, 0.25) is 0 Å². The molecule has 0 saturated heterocycles. The SMILES string of the molecule is C=CCC(C)(CC(C)C)C(=O)O. The van der Waals surface area contributed by atoms with Crippen LogP contribution in [0.4, 0.5) is 0 Å². The molecule has 0 bridgehead atoms. The molecule has 0 saturated carbocycles. The second kappa shape index (κ2) is 4.29. The molecule has 0 aromatic heterocycles. The summed E-state index contributed by atoms with van der Waals surface area (Å²) in [5.74, 6) is -0.317. The average Bonchev–Trinajstić information content (AvgIpc) is 1.85. The van der Waals surface area contributed by atoms with Gasteiger partial charge in [0.1, 0.15) is 0 Å². The van der Waals surface area contributed by atoms with Crippen LogP contribution in [0.15, 0.2) is 12.7 Å². The van der Waals surface area contributed by atoms with Crippen LogP contribution >= 0.6 is 0 Å². The molecule has 0 spiro atoms. The molecule has 1 N–H and O–H groups in total. The fourth-order valence-electron chi connectivity index (χ4n) is 1.48. The summed E-state index contributed by atoms with van der Waals surface area (Å²) in [5.41, 5.74) is -0.629. The van der Waals surface area contributed by atoms with Crippen LogP contribution in [0, 0.1) is 11.3 Å². The molecule has 70 valence electrons. The summed E-state index contributed by atoms with van der Waals surface area (Å²) in [6.07, 6.45) is 2.92. The largest absolute Gasteiger partial charge is 0.481 e. The Morgan fingerprint density at radius 1 is 1.67 bits per heavy atom. The van der Waals surface area contributed by atoms with Crippen LogP contribution in [0.5, 0.6) is 0 Å². The molecule has 0 aliphatic carbocycles. The first-order valence-corrected chi connectivity index (χ1v) is 4.26. The molecule has 1 atom stereocenters. The molecule has 2 nitrogen and oxygen atoms in total. The quantitative estimate of drug-likeness (QED) is 0.644. The molecule has 0 aliphatic rings. The Balaban J connectivity index is 4.38. The lowest BCUT2D eigenvalue weighted by atomic mass is 9.79. The lowest BCUT2D eigenvalue weighted by molar-refractivity contribution is -0.148. The van der Waals surface area contributed by atoms with E-state index in [1.807, 2.05) is 13.8 Å². The second-order valence-electron chi connectivity index (χ2n) is 3.96. The number of hydrogen-bond donors (Lipinski definition) is 1. The molecule has 0 rings (SSSR count). The molecule has 12 heavy (non-hydrogen) atoms. The Kier molecular flexibility index (Phi) is 4.01. The molecule has 0 amide bonds. The Bertz CT molecular complexity index is 173. The third kappa shape index (κ3) is 3.07. The highest BCUT2D eigenvalue weighted by atomic mass is 16.4. The number of aliphatic carboxylic acids is 1. The van der Waals surface area contributed by atoms with E-state index in [0.29, 0.717) is 18.8 Å². The summed E-state index contributed by atoms with van der Waals surface area (Å²) in [6, 6.07) is 0. The molecule has 0 aliphatic heterocycles. The van der Waals surface area contributed by atoms with Crippen LogP contribution in [0.1, 0.15) is 33.6 Å². The number of rotatable bonds is 5. The highest BCUT2D eigenvalue weighted by Crippen LogP contribution is 2.30. The van der Waals surface area contributed by atoms with Gasteiger partial charge in [-0.25, -0.2) is 0 Å². The topological polar surface area (TPSA) is 37.3 Å². The summed E-state index contributed by atoms with van der Waals surface area (Å²) in [7, 11) is 0. The monoisotopic (exact) mass is 170 g/mol. The minimum atomic E-state index is -0.726. The maximum atomic E-state index is 10.9. The summed E-state index contributed by atoms with van der Waals surface area (Å²) in [6.45, 7) is 9.41. The lowest BCUT2D eigenvalue weighted by Gasteiger charge is -2.24. The van der Waals surface area contributed by atoms with Crippen molar-refractivity contribution >= 4 is 5.97 Å². The zero-order valence-electron chi connectivity index (χ0n) is 8.13. The predicted molar refractivity (Wildman–Crippen MR) is 50.0 cm³/mol. The summed E-state index contributed by atoms with van der Waals surface area (Å²) >= 11 is 0. The summed E-state index contributed by atoms with van der Waals surface area (Å²) in [4.78, 5) is 10.9.